The van der Waals surface area contributed by atoms with Crippen LogP contribution in [0, 0.1) is 0 Å². The summed E-state index contributed by atoms with van der Waals surface area (Å²) in [6, 6.07) is 5.38. The number of fused-ring (bicyclic) bond motifs is 3. The molecule has 0 spiro atoms. The lowest BCUT2D eigenvalue weighted by molar-refractivity contribution is 0.670. The molecule has 2 radical (unpaired) electrons. The van der Waals surface area contributed by atoms with E-state index in [1.54, 1.807) is 18.5 Å². The van der Waals surface area contributed by atoms with Gasteiger partial charge in [-0.15, -0.1) is 0 Å². The molecule has 3 heterocycles. The van der Waals surface area contributed by atoms with Crippen molar-refractivity contribution in [1.82, 2.24) is 9.97 Å². The van der Waals surface area contributed by atoms with Gasteiger partial charge >= 0.3 is 0 Å². The number of aromatic nitrogens is 2. The maximum absolute atomic E-state index is 5.76. The minimum atomic E-state index is 0.591. The van der Waals surface area contributed by atoms with Gasteiger partial charge in [0.15, 0.2) is 5.58 Å². The first-order chi connectivity index (χ1) is 6.86. The molecule has 0 saturated heterocycles. The average Bonchev–Trinajstić information content (AvgIpc) is 2.59. The predicted molar refractivity (Wildman–Crippen MR) is 54.7 cm³/mol. The van der Waals surface area contributed by atoms with E-state index in [1.807, 2.05) is 12.1 Å². The van der Waals surface area contributed by atoms with Gasteiger partial charge in [-0.05, 0) is 18.2 Å². The van der Waals surface area contributed by atoms with Crippen LogP contribution in [0.5, 0.6) is 0 Å². The number of furan rings is 1. The molecule has 0 aromatic carbocycles. The highest BCUT2D eigenvalue weighted by Gasteiger charge is 2.09. The summed E-state index contributed by atoms with van der Waals surface area (Å²) in [6.07, 6.45) is 3.36. The quantitative estimate of drug-likeness (QED) is 0.487. The van der Waals surface area contributed by atoms with E-state index in [0.717, 1.165) is 11.0 Å². The van der Waals surface area contributed by atoms with Crippen molar-refractivity contribution in [2.24, 2.45) is 0 Å². The number of hydrogen-bond donors (Lipinski definition) is 0. The molecule has 14 heavy (non-hydrogen) atoms. The van der Waals surface area contributed by atoms with E-state index in [1.165, 1.54) is 0 Å². The molecule has 0 fully saturated rings. The highest BCUT2D eigenvalue weighted by Crippen LogP contribution is 2.22. The number of hydrogen-bond acceptors (Lipinski definition) is 3. The number of nitrogens with zero attached hydrogens (tertiary/aromatic N) is 2. The summed E-state index contributed by atoms with van der Waals surface area (Å²) in [6.45, 7) is 0. The van der Waals surface area contributed by atoms with Gasteiger partial charge in [-0.1, -0.05) is 5.46 Å². The van der Waals surface area contributed by atoms with Gasteiger partial charge in [-0.25, -0.2) is 0 Å². The van der Waals surface area contributed by atoms with Crippen LogP contribution in [0.25, 0.3) is 22.2 Å². The molecule has 4 heteroatoms. The molecule has 0 N–H and O–H groups in total. The van der Waals surface area contributed by atoms with Crippen LogP contribution in [0.2, 0.25) is 0 Å². The van der Waals surface area contributed by atoms with Gasteiger partial charge in [0.1, 0.15) is 24.5 Å². The second-order valence-corrected chi connectivity index (χ2v) is 3.03. The van der Waals surface area contributed by atoms with E-state index in [-0.39, 0.29) is 0 Å². The van der Waals surface area contributed by atoms with Crippen LogP contribution in [-0.2, 0) is 0 Å². The lowest BCUT2D eigenvalue weighted by atomic mass is 9.97. The van der Waals surface area contributed by atoms with Crippen molar-refractivity contribution in [3.63, 3.8) is 0 Å². The molecule has 0 unspecified atom stereocenters. The lowest BCUT2D eigenvalue weighted by Gasteiger charge is -1.90. The first-order valence-corrected chi connectivity index (χ1v) is 4.24. The fraction of sp³-hybridized carbons (Fsp3) is 0. The summed E-state index contributed by atoms with van der Waals surface area (Å²) in [5, 5.41) is 0. The summed E-state index contributed by atoms with van der Waals surface area (Å²) in [5.74, 6) is 0. The van der Waals surface area contributed by atoms with Crippen LogP contribution >= 0.6 is 0 Å². The smallest absolute Gasteiger partial charge is 0.155 e. The molecule has 0 aliphatic rings. The minimum Gasteiger partial charge on any atom is -0.453 e. The predicted octanol–water partition coefficient (Wildman–Crippen LogP) is 1.17. The molecule has 3 nitrogen and oxygen atoms in total. The topological polar surface area (TPSA) is 38.9 Å². The molecule has 0 amide bonds. The monoisotopic (exact) mass is 180 g/mol. The second kappa shape index (κ2) is 2.58. The molecule has 64 valence electrons. The maximum Gasteiger partial charge on any atom is 0.155 e. The Hall–Kier alpha value is -1.84. The van der Waals surface area contributed by atoms with Crippen molar-refractivity contribution < 1.29 is 4.42 Å². The van der Waals surface area contributed by atoms with Crippen LogP contribution in [0.1, 0.15) is 0 Å². The molecular weight excluding hydrogens is 175 g/mol. The van der Waals surface area contributed by atoms with E-state index < -0.39 is 0 Å². The van der Waals surface area contributed by atoms with Gasteiger partial charge < -0.3 is 4.42 Å². The summed E-state index contributed by atoms with van der Waals surface area (Å²) in [7, 11) is 5.76. The van der Waals surface area contributed by atoms with Crippen LogP contribution in [0.4, 0.5) is 0 Å². The molecule has 3 aromatic rings. The highest BCUT2D eigenvalue weighted by atomic mass is 16.3. The molecule has 0 saturated carbocycles. The molecule has 0 aliphatic heterocycles. The van der Waals surface area contributed by atoms with Crippen LogP contribution < -0.4 is 5.46 Å². The van der Waals surface area contributed by atoms with Crippen molar-refractivity contribution in [1.29, 1.82) is 0 Å². The first kappa shape index (κ1) is 7.56. The normalized spacial score (nSPS) is 11.1. The Bertz CT molecular complexity index is 618. The highest BCUT2D eigenvalue weighted by molar-refractivity contribution is 6.38. The Balaban J connectivity index is 2.63. The SMILES string of the molecule is [B]c1ccnc2c1oc1cccnc12. The van der Waals surface area contributed by atoms with E-state index in [4.69, 9.17) is 12.3 Å². The summed E-state index contributed by atoms with van der Waals surface area (Å²) in [5.41, 5.74) is 3.40. The Morgan fingerprint density at radius 2 is 1.93 bits per heavy atom. The van der Waals surface area contributed by atoms with Crippen LogP contribution in [0.3, 0.4) is 0 Å². The third-order valence-corrected chi connectivity index (χ3v) is 2.14. The minimum absolute atomic E-state index is 0.591. The van der Waals surface area contributed by atoms with E-state index >= 15 is 0 Å². The van der Waals surface area contributed by atoms with Gasteiger partial charge in [0.05, 0.1) is 0 Å². The fourth-order valence-electron chi connectivity index (χ4n) is 1.50. The van der Waals surface area contributed by atoms with Gasteiger partial charge in [0.2, 0.25) is 0 Å². The Labute approximate surface area is 81.2 Å². The van der Waals surface area contributed by atoms with E-state index in [9.17, 15) is 0 Å². The summed E-state index contributed by atoms with van der Waals surface area (Å²) in [4.78, 5) is 8.39. The zero-order valence-electron chi connectivity index (χ0n) is 7.27. The molecule has 0 bridgehead atoms. The lowest BCUT2D eigenvalue weighted by Crippen LogP contribution is -2.01. The second-order valence-electron chi connectivity index (χ2n) is 3.03. The number of pyridine rings is 2. The van der Waals surface area contributed by atoms with Gasteiger partial charge in [0, 0.05) is 12.4 Å². The molecule has 0 aliphatic carbocycles. The van der Waals surface area contributed by atoms with Crippen LogP contribution in [-0.4, -0.2) is 17.8 Å². The summed E-state index contributed by atoms with van der Waals surface area (Å²) >= 11 is 0. The summed E-state index contributed by atoms with van der Waals surface area (Å²) < 4.78 is 5.53. The third kappa shape index (κ3) is 0.879. The van der Waals surface area contributed by atoms with Crippen molar-refractivity contribution in [2.75, 3.05) is 0 Å². The van der Waals surface area contributed by atoms with Crippen molar-refractivity contribution in [3.05, 3.63) is 30.6 Å². The van der Waals surface area contributed by atoms with Gasteiger partial charge in [-0.2, -0.15) is 0 Å². The Kier molecular flexibility index (Phi) is 1.39. The van der Waals surface area contributed by atoms with E-state index in [2.05, 4.69) is 9.97 Å². The zero-order valence-corrected chi connectivity index (χ0v) is 7.27. The average molecular weight is 180 g/mol. The van der Waals surface area contributed by atoms with Crippen molar-refractivity contribution in [3.8, 4) is 0 Å². The molecule has 0 atom stereocenters. The number of rotatable bonds is 0. The Morgan fingerprint density at radius 1 is 1.07 bits per heavy atom. The van der Waals surface area contributed by atoms with Crippen molar-refractivity contribution >= 4 is 35.5 Å². The third-order valence-electron chi connectivity index (χ3n) is 2.14. The molecule has 3 rings (SSSR count). The van der Waals surface area contributed by atoms with Gasteiger partial charge in [-0.3, -0.25) is 9.97 Å². The fourth-order valence-corrected chi connectivity index (χ4v) is 1.50. The maximum atomic E-state index is 5.76. The first-order valence-electron chi connectivity index (χ1n) is 4.24. The standard InChI is InChI=1S/C10H5BN2O/c11-6-3-5-13-9-8-7(14-10(6)9)2-1-4-12-8/h1-5H. The van der Waals surface area contributed by atoms with Gasteiger partial charge in [0.25, 0.3) is 0 Å². The zero-order chi connectivity index (χ0) is 9.54. The Morgan fingerprint density at radius 3 is 2.86 bits per heavy atom. The largest absolute Gasteiger partial charge is 0.453 e. The molecular formula is C10H5BN2O. The van der Waals surface area contributed by atoms with E-state index in [0.29, 0.717) is 16.6 Å². The molecule has 3 aromatic heterocycles. The van der Waals surface area contributed by atoms with Crippen LogP contribution in [0.15, 0.2) is 35.0 Å². The van der Waals surface area contributed by atoms with Crippen molar-refractivity contribution in [2.45, 2.75) is 0 Å².